The number of nitrogens with one attached hydrogen (secondary N) is 1. The van der Waals surface area contributed by atoms with E-state index in [1.807, 2.05) is 55.8 Å². The molecule has 2 amide bonds. The van der Waals surface area contributed by atoms with Gasteiger partial charge in [-0.25, -0.2) is 0 Å². The van der Waals surface area contributed by atoms with Gasteiger partial charge in [0.05, 0.1) is 0 Å². The number of likely N-dealkylation sites (N-methyl/N-ethyl adjacent to an activating group) is 1. The first-order valence-electron chi connectivity index (χ1n) is 8.02. The Balaban J connectivity index is 2.09. The van der Waals surface area contributed by atoms with E-state index in [-0.39, 0.29) is 17.7 Å². The zero-order valence-corrected chi connectivity index (χ0v) is 15.4. The van der Waals surface area contributed by atoms with Crippen molar-refractivity contribution in [2.75, 3.05) is 7.05 Å². The molecule has 0 fully saturated rings. The van der Waals surface area contributed by atoms with E-state index < -0.39 is 6.04 Å². The Labute approximate surface area is 147 Å². The first kappa shape index (κ1) is 18.2. The molecule has 1 N–H and O–H groups in total. The zero-order chi connectivity index (χ0) is 17.7. The number of carbonyl (C=O) groups excluding carboxylic acids is 2. The fourth-order valence-corrected chi connectivity index (χ4v) is 3.19. The lowest BCUT2D eigenvalue weighted by Gasteiger charge is -2.27. The number of rotatable bonds is 6. The summed E-state index contributed by atoms with van der Waals surface area (Å²) in [5.74, 6) is -0.266. The molecule has 0 aliphatic heterocycles. The number of amides is 2. The average Bonchev–Trinajstić information content (AvgIpc) is 3.04. The van der Waals surface area contributed by atoms with Crippen molar-refractivity contribution in [3.05, 3.63) is 57.8 Å². The van der Waals surface area contributed by atoms with Gasteiger partial charge in [0.15, 0.2) is 0 Å². The highest BCUT2D eigenvalue weighted by molar-refractivity contribution is 7.07. The molecule has 0 saturated carbocycles. The highest BCUT2D eigenvalue weighted by atomic mass is 32.1. The Morgan fingerprint density at radius 1 is 1.21 bits per heavy atom. The lowest BCUT2D eigenvalue weighted by atomic mass is 10.0. The standard InChI is InChI=1S/C19H24N2O2S/c1-13(2)17(19(23)21(4)11-15-9-10-24-12-15)20-18(22)16-8-6-5-7-14(16)3/h5-10,12-13,17H,11H2,1-4H3,(H,20,22)/t17-/m0/s1. The summed E-state index contributed by atoms with van der Waals surface area (Å²) in [5.41, 5.74) is 2.61. The minimum Gasteiger partial charge on any atom is -0.340 e. The van der Waals surface area contributed by atoms with Crippen LogP contribution in [0.4, 0.5) is 0 Å². The van der Waals surface area contributed by atoms with Gasteiger partial charge in [0.2, 0.25) is 5.91 Å². The van der Waals surface area contributed by atoms with Crippen LogP contribution in [0.25, 0.3) is 0 Å². The number of thiophene rings is 1. The molecular weight excluding hydrogens is 320 g/mol. The molecule has 128 valence electrons. The van der Waals surface area contributed by atoms with Crippen molar-refractivity contribution < 1.29 is 9.59 Å². The van der Waals surface area contributed by atoms with E-state index >= 15 is 0 Å². The fourth-order valence-electron chi connectivity index (χ4n) is 2.53. The van der Waals surface area contributed by atoms with Gasteiger partial charge in [0, 0.05) is 19.2 Å². The summed E-state index contributed by atoms with van der Waals surface area (Å²) in [6.07, 6.45) is 0. The summed E-state index contributed by atoms with van der Waals surface area (Å²) in [6.45, 7) is 6.33. The van der Waals surface area contributed by atoms with Gasteiger partial charge in [-0.15, -0.1) is 0 Å². The molecule has 0 aliphatic rings. The SMILES string of the molecule is Cc1ccccc1C(=O)N[C@H](C(=O)N(C)Cc1ccsc1)C(C)C. The van der Waals surface area contributed by atoms with Crippen LogP contribution < -0.4 is 5.32 Å². The number of carbonyl (C=O) groups is 2. The van der Waals surface area contributed by atoms with Crippen LogP contribution in [0, 0.1) is 12.8 Å². The minimum absolute atomic E-state index is 0.00962. The summed E-state index contributed by atoms with van der Waals surface area (Å²) in [5, 5.41) is 6.93. The predicted octanol–water partition coefficient (Wildman–Crippen LogP) is 3.47. The van der Waals surface area contributed by atoms with Crippen LogP contribution in [0.1, 0.15) is 35.3 Å². The third-order valence-electron chi connectivity index (χ3n) is 3.99. The van der Waals surface area contributed by atoms with E-state index in [4.69, 9.17) is 0 Å². The molecule has 0 radical (unpaired) electrons. The molecule has 2 rings (SSSR count). The van der Waals surface area contributed by atoms with Crippen LogP contribution in [0.15, 0.2) is 41.1 Å². The second-order valence-electron chi connectivity index (χ2n) is 6.34. The zero-order valence-electron chi connectivity index (χ0n) is 14.6. The molecule has 24 heavy (non-hydrogen) atoms. The molecule has 1 heterocycles. The van der Waals surface area contributed by atoms with Gasteiger partial charge in [-0.2, -0.15) is 11.3 Å². The second kappa shape index (κ2) is 8.11. The summed E-state index contributed by atoms with van der Waals surface area (Å²) in [4.78, 5) is 27.0. The maximum absolute atomic E-state index is 12.8. The van der Waals surface area contributed by atoms with Crippen LogP contribution >= 0.6 is 11.3 Å². The largest absolute Gasteiger partial charge is 0.340 e. The van der Waals surface area contributed by atoms with Gasteiger partial charge in [-0.1, -0.05) is 32.0 Å². The van der Waals surface area contributed by atoms with E-state index in [2.05, 4.69) is 5.32 Å². The van der Waals surface area contributed by atoms with Crippen molar-refractivity contribution in [2.24, 2.45) is 5.92 Å². The molecule has 0 saturated heterocycles. The van der Waals surface area contributed by atoms with Crippen LogP contribution in [-0.4, -0.2) is 29.8 Å². The number of hydrogen-bond donors (Lipinski definition) is 1. The highest BCUT2D eigenvalue weighted by Gasteiger charge is 2.27. The third-order valence-corrected chi connectivity index (χ3v) is 4.72. The maximum atomic E-state index is 12.8. The second-order valence-corrected chi connectivity index (χ2v) is 7.12. The molecule has 0 aliphatic carbocycles. The number of hydrogen-bond acceptors (Lipinski definition) is 3. The normalized spacial score (nSPS) is 12.0. The molecule has 0 unspecified atom stereocenters. The van der Waals surface area contributed by atoms with Gasteiger partial charge in [-0.05, 0) is 46.9 Å². The van der Waals surface area contributed by atoms with Crippen LogP contribution in [0.2, 0.25) is 0 Å². The highest BCUT2D eigenvalue weighted by Crippen LogP contribution is 2.13. The van der Waals surface area contributed by atoms with Gasteiger partial charge >= 0.3 is 0 Å². The van der Waals surface area contributed by atoms with Crippen molar-refractivity contribution in [1.29, 1.82) is 0 Å². The lowest BCUT2D eigenvalue weighted by Crippen LogP contribution is -2.50. The van der Waals surface area contributed by atoms with Gasteiger partial charge in [0.1, 0.15) is 6.04 Å². The number of aryl methyl sites for hydroxylation is 1. The number of nitrogens with zero attached hydrogens (tertiary/aromatic N) is 1. The average molecular weight is 344 g/mol. The van der Waals surface area contributed by atoms with E-state index in [0.717, 1.165) is 11.1 Å². The maximum Gasteiger partial charge on any atom is 0.252 e. The van der Waals surface area contributed by atoms with Crippen molar-refractivity contribution in [3.63, 3.8) is 0 Å². The first-order valence-corrected chi connectivity index (χ1v) is 8.97. The lowest BCUT2D eigenvalue weighted by molar-refractivity contribution is -0.133. The van der Waals surface area contributed by atoms with Crippen molar-refractivity contribution in [3.8, 4) is 0 Å². The molecule has 1 atom stereocenters. The van der Waals surface area contributed by atoms with Crippen molar-refractivity contribution >= 4 is 23.2 Å². The molecular formula is C19H24N2O2S. The van der Waals surface area contributed by atoms with Crippen molar-refractivity contribution in [1.82, 2.24) is 10.2 Å². The predicted molar refractivity (Wildman–Crippen MR) is 98.1 cm³/mol. The van der Waals surface area contributed by atoms with E-state index in [9.17, 15) is 9.59 Å². The molecule has 1 aromatic heterocycles. The summed E-state index contributed by atoms with van der Waals surface area (Å²) >= 11 is 1.61. The third kappa shape index (κ3) is 4.45. The molecule has 5 heteroatoms. The molecule has 0 bridgehead atoms. The van der Waals surface area contributed by atoms with Gasteiger partial charge < -0.3 is 10.2 Å². The topological polar surface area (TPSA) is 49.4 Å². The molecule has 4 nitrogen and oxygen atoms in total. The molecule has 2 aromatic rings. The van der Waals surface area contributed by atoms with Crippen molar-refractivity contribution in [2.45, 2.75) is 33.4 Å². The summed E-state index contributed by atoms with van der Waals surface area (Å²) in [6, 6.07) is 8.86. The Bertz CT molecular complexity index is 695. The number of benzene rings is 1. The first-order chi connectivity index (χ1) is 11.4. The fraction of sp³-hybridized carbons (Fsp3) is 0.368. The molecule has 0 spiro atoms. The van der Waals surface area contributed by atoms with E-state index in [0.29, 0.717) is 12.1 Å². The van der Waals surface area contributed by atoms with Crippen LogP contribution in [-0.2, 0) is 11.3 Å². The minimum atomic E-state index is -0.541. The summed E-state index contributed by atoms with van der Waals surface area (Å²) < 4.78 is 0. The van der Waals surface area contributed by atoms with Gasteiger partial charge in [-0.3, -0.25) is 9.59 Å². The van der Waals surface area contributed by atoms with E-state index in [1.54, 1.807) is 29.4 Å². The van der Waals surface area contributed by atoms with E-state index in [1.165, 1.54) is 0 Å². The Morgan fingerprint density at radius 2 is 1.92 bits per heavy atom. The smallest absolute Gasteiger partial charge is 0.252 e. The Hall–Kier alpha value is -2.14. The van der Waals surface area contributed by atoms with Crippen LogP contribution in [0.3, 0.4) is 0 Å². The monoisotopic (exact) mass is 344 g/mol. The summed E-state index contributed by atoms with van der Waals surface area (Å²) in [7, 11) is 1.77. The van der Waals surface area contributed by atoms with Gasteiger partial charge in [0.25, 0.3) is 5.91 Å². The molecule has 1 aromatic carbocycles. The Kier molecular flexibility index (Phi) is 6.15. The Morgan fingerprint density at radius 3 is 2.50 bits per heavy atom. The quantitative estimate of drug-likeness (QED) is 0.872. The van der Waals surface area contributed by atoms with Crippen LogP contribution in [0.5, 0.6) is 0 Å².